The molecular formula is C8H10O2S2. The van der Waals surface area contributed by atoms with E-state index in [0.717, 1.165) is 4.88 Å². The Morgan fingerprint density at radius 3 is 2.92 bits per heavy atom. The van der Waals surface area contributed by atoms with Crippen molar-refractivity contribution in [2.45, 2.75) is 5.25 Å². The van der Waals surface area contributed by atoms with Crippen LogP contribution in [-0.2, 0) is 9.53 Å². The van der Waals surface area contributed by atoms with Crippen LogP contribution in [0.2, 0.25) is 0 Å². The van der Waals surface area contributed by atoms with Crippen LogP contribution in [0.1, 0.15) is 10.1 Å². The summed E-state index contributed by atoms with van der Waals surface area (Å²) >= 11 is 3.07. The minimum atomic E-state index is -0.176. The molecule has 0 aromatic carbocycles. The Hall–Kier alpha value is -0.480. The van der Waals surface area contributed by atoms with E-state index in [1.165, 1.54) is 18.9 Å². The SMILES string of the molecule is COC(=O)C(SC)c1cccs1. The van der Waals surface area contributed by atoms with Gasteiger partial charge in [-0.3, -0.25) is 4.79 Å². The third kappa shape index (κ3) is 2.01. The molecule has 66 valence electrons. The maximum absolute atomic E-state index is 11.2. The summed E-state index contributed by atoms with van der Waals surface area (Å²) in [6.45, 7) is 0. The lowest BCUT2D eigenvalue weighted by molar-refractivity contribution is -0.140. The van der Waals surface area contributed by atoms with Crippen molar-refractivity contribution in [1.29, 1.82) is 0 Å². The second-order valence-corrected chi connectivity index (χ2v) is 4.08. The first-order valence-electron chi connectivity index (χ1n) is 3.43. The van der Waals surface area contributed by atoms with Crippen molar-refractivity contribution in [3.05, 3.63) is 22.4 Å². The van der Waals surface area contributed by atoms with Crippen LogP contribution in [0, 0.1) is 0 Å². The molecule has 4 heteroatoms. The first-order valence-corrected chi connectivity index (χ1v) is 5.60. The smallest absolute Gasteiger partial charge is 0.324 e. The van der Waals surface area contributed by atoms with Crippen LogP contribution in [-0.4, -0.2) is 19.3 Å². The van der Waals surface area contributed by atoms with Crippen LogP contribution in [0.4, 0.5) is 0 Å². The van der Waals surface area contributed by atoms with Gasteiger partial charge in [-0.25, -0.2) is 0 Å². The molecule has 0 saturated heterocycles. The average Bonchev–Trinajstić information content (AvgIpc) is 2.58. The quantitative estimate of drug-likeness (QED) is 0.704. The van der Waals surface area contributed by atoms with E-state index in [1.807, 2.05) is 23.8 Å². The third-order valence-electron chi connectivity index (χ3n) is 1.45. The number of ether oxygens (including phenoxy) is 1. The van der Waals surface area contributed by atoms with Crippen LogP contribution in [0.25, 0.3) is 0 Å². The number of methoxy groups -OCH3 is 1. The van der Waals surface area contributed by atoms with E-state index in [0.29, 0.717) is 0 Å². The molecule has 0 aliphatic rings. The number of thiophene rings is 1. The molecule has 0 saturated carbocycles. The second-order valence-electron chi connectivity index (χ2n) is 2.15. The molecule has 1 atom stereocenters. The van der Waals surface area contributed by atoms with E-state index in [9.17, 15) is 4.79 Å². The van der Waals surface area contributed by atoms with Gasteiger partial charge < -0.3 is 4.74 Å². The highest BCUT2D eigenvalue weighted by Gasteiger charge is 2.20. The maximum atomic E-state index is 11.2. The van der Waals surface area contributed by atoms with E-state index in [4.69, 9.17) is 0 Å². The second kappa shape index (κ2) is 4.52. The number of rotatable bonds is 3. The van der Waals surface area contributed by atoms with Gasteiger partial charge in [-0.15, -0.1) is 23.1 Å². The average molecular weight is 202 g/mol. The molecule has 0 aliphatic heterocycles. The van der Waals surface area contributed by atoms with Gasteiger partial charge in [0.15, 0.2) is 0 Å². The Balaban J connectivity index is 2.76. The molecule has 0 fully saturated rings. The van der Waals surface area contributed by atoms with Crippen molar-refractivity contribution in [3.63, 3.8) is 0 Å². The van der Waals surface area contributed by atoms with Crippen molar-refractivity contribution in [2.75, 3.05) is 13.4 Å². The molecule has 0 amide bonds. The molecule has 0 spiro atoms. The summed E-state index contributed by atoms with van der Waals surface area (Å²) in [7, 11) is 1.42. The summed E-state index contributed by atoms with van der Waals surface area (Å²) in [5, 5.41) is 1.80. The van der Waals surface area contributed by atoms with Crippen molar-refractivity contribution < 1.29 is 9.53 Å². The van der Waals surface area contributed by atoms with Gasteiger partial charge in [-0.2, -0.15) is 0 Å². The van der Waals surface area contributed by atoms with Crippen LogP contribution in [0.15, 0.2) is 17.5 Å². The molecule has 1 aromatic rings. The van der Waals surface area contributed by atoms with Crippen LogP contribution in [0.5, 0.6) is 0 Å². The van der Waals surface area contributed by atoms with Crippen LogP contribution < -0.4 is 0 Å². The van der Waals surface area contributed by atoms with E-state index < -0.39 is 0 Å². The highest BCUT2D eigenvalue weighted by molar-refractivity contribution is 7.99. The monoisotopic (exact) mass is 202 g/mol. The van der Waals surface area contributed by atoms with Gasteiger partial charge in [0.25, 0.3) is 0 Å². The molecular weight excluding hydrogens is 192 g/mol. The zero-order valence-corrected chi connectivity index (χ0v) is 8.58. The van der Waals surface area contributed by atoms with E-state index in [2.05, 4.69) is 4.74 Å². The Bertz CT molecular complexity index is 244. The Morgan fingerprint density at radius 1 is 1.75 bits per heavy atom. The first kappa shape index (κ1) is 9.61. The number of esters is 1. The fourth-order valence-corrected chi connectivity index (χ4v) is 2.62. The zero-order valence-electron chi connectivity index (χ0n) is 6.94. The molecule has 0 aliphatic carbocycles. The van der Waals surface area contributed by atoms with E-state index >= 15 is 0 Å². The Morgan fingerprint density at radius 2 is 2.50 bits per heavy atom. The van der Waals surface area contributed by atoms with Gasteiger partial charge in [0.2, 0.25) is 0 Å². The van der Waals surface area contributed by atoms with Gasteiger partial charge in [-0.1, -0.05) is 6.07 Å². The number of carbonyl (C=O) groups is 1. The van der Waals surface area contributed by atoms with E-state index in [1.54, 1.807) is 11.3 Å². The highest BCUT2D eigenvalue weighted by atomic mass is 32.2. The zero-order chi connectivity index (χ0) is 8.97. The lowest BCUT2D eigenvalue weighted by atomic mass is 10.3. The molecule has 1 unspecified atom stereocenters. The van der Waals surface area contributed by atoms with E-state index in [-0.39, 0.29) is 11.2 Å². The van der Waals surface area contributed by atoms with Crippen molar-refractivity contribution in [3.8, 4) is 0 Å². The third-order valence-corrected chi connectivity index (χ3v) is 3.46. The fraction of sp³-hybridized carbons (Fsp3) is 0.375. The number of hydrogen-bond donors (Lipinski definition) is 0. The van der Waals surface area contributed by atoms with Crippen molar-refractivity contribution in [1.82, 2.24) is 0 Å². The first-order chi connectivity index (χ1) is 5.79. The summed E-state index contributed by atoms with van der Waals surface area (Å²) < 4.78 is 4.67. The standard InChI is InChI=1S/C8H10O2S2/c1-10-8(9)7(11-2)6-4-3-5-12-6/h3-5,7H,1-2H3. The minimum absolute atomic E-state index is 0.157. The van der Waals surface area contributed by atoms with Crippen molar-refractivity contribution in [2.24, 2.45) is 0 Å². The van der Waals surface area contributed by atoms with Gasteiger partial charge in [0, 0.05) is 4.88 Å². The van der Waals surface area contributed by atoms with Gasteiger partial charge in [0.05, 0.1) is 7.11 Å². The molecule has 0 N–H and O–H groups in total. The van der Waals surface area contributed by atoms with Gasteiger partial charge in [-0.05, 0) is 17.7 Å². The molecule has 2 nitrogen and oxygen atoms in total. The predicted molar refractivity (Wildman–Crippen MR) is 52.6 cm³/mol. The van der Waals surface area contributed by atoms with Gasteiger partial charge >= 0.3 is 5.97 Å². The van der Waals surface area contributed by atoms with Crippen LogP contribution >= 0.6 is 23.1 Å². The molecule has 1 aromatic heterocycles. The highest BCUT2D eigenvalue weighted by Crippen LogP contribution is 2.30. The summed E-state index contributed by atoms with van der Waals surface area (Å²) in [6, 6.07) is 3.88. The fourth-order valence-electron chi connectivity index (χ4n) is 0.876. The van der Waals surface area contributed by atoms with Gasteiger partial charge in [0.1, 0.15) is 5.25 Å². The minimum Gasteiger partial charge on any atom is -0.468 e. The summed E-state index contributed by atoms with van der Waals surface area (Å²) in [4.78, 5) is 12.3. The molecule has 1 heterocycles. The lowest BCUT2D eigenvalue weighted by Crippen LogP contribution is -2.09. The number of hydrogen-bond acceptors (Lipinski definition) is 4. The summed E-state index contributed by atoms with van der Waals surface area (Å²) in [5.41, 5.74) is 0. The molecule has 0 radical (unpaired) electrons. The molecule has 0 bridgehead atoms. The Labute approximate surface area is 79.9 Å². The lowest BCUT2D eigenvalue weighted by Gasteiger charge is -2.08. The summed E-state index contributed by atoms with van der Waals surface area (Å²) in [5.74, 6) is -0.176. The number of carbonyl (C=O) groups excluding carboxylic acids is 1. The Kier molecular flexibility index (Phi) is 3.62. The maximum Gasteiger partial charge on any atom is 0.324 e. The summed E-state index contributed by atoms with van der Waals surface area (Å²) in [6.07, 6.45) is 1.90. The number of thioether (sulfide) groups is 1. The molecule has 1 rings (SSSR count). The largest absolute Gasteiger partial charge is 0.468 e. The van der Waals surface area contributed by atoms with Crippen molar-refractivity contribution >= 4 is 29.1 Å². The topological polar surface area (TPSA) is 26.3 Å². The molecule has 12 heavy (non-hydrogen) atoms. The van der Waals surface area contributed by atoms with Crippen LogP contribution in [0.3, 0.4) is 0 Å². The normalized spacial score (nSPS) is 12.5. The predicted octanol–water partition coefficient (Wildman–Crippen LogP) is 2.33.